The zero-order valence-corrected chi connectivity index (χ0v) is 21.8. The van der Waals surface area contributed by atoms with Gasteiger partial charge in [-0.25, -0.2) is 0 Å². The second-order valence-electron chi connectivity index (χ2n) is 9.60. The first-order valence-corrected chi connectivity index (χ1v) is 12.3. The maximum atomic E-state index is 12.9. The zero-order chi connectivity index (χ0) is 25.9. The number of carbonyl (C=O) groups excluding carboxylic acids is 4. The molecule has 2 aliphatic heterocycles. The minimum atomic E-state index is -1.18. The number of rotatable bonds is 8. The highest BCUT2D eigenvalue weighted by Crippen LogP contribution is 2.30. The third-order valence-electron chi connectivity index (χ3n) is 6.23. The molecule has 0 saturated carbocycles. The molecule has 2 heterocycles. The molecule has 12 heteroatoms. The minimum absolute atomic E-state index is 0.0436. The Morgan fingerprint density at radius 2 is 1.71 bits per heavy atom. The van der Waals surface area contributed by atoms with Crippen LogP contribution in [0.15, 0.2) is 18.2 Å². The lowest BCUT2D eigenvalue weighted by molar-refractivity contribution is -0.159. The molecule has 3 atom stereocenters. The molecule has 3 rings (SSSR count). The number of piperazine rings is 1. The van der Waals surface area contributed by atoms with Crippen molar-refractivity contribution in [3.05, 3.63) is 33.8 Å². The van der Waals surface area contributed by atoms with Gasteiger partial charge in [-0.05, 0) is 44.6 Å². The van der Waals surface area contributed by atoms with Gasteiger partial charge >= 0.3 is 19.1 Å². The Kier molecular flexibility index (Phi) is 9.20. The van der Waals surface area contributed by atoms with Gasteiger partial charge in [-0.2, -0.15) is 0 Å². The lowest BCUT2D eigenvalue weighted by atomic mass is 9.65. The van der Waals surface area contributed by atoms with Gasteiger partial charge in [-0.3, -0.25) is 24.1 Å². The van der Waals surface area contributed by atoms with E-state index in [-0.39, 0.29) is 35.3 Å². The summed E-state index contributed by atoms with van der Waals surface area (Å²) in [6.45, 7) is 4.52. The first-order valence-electron chi connectivity index (χ1n) is 11.5. The van der Waals surface area contributed by atoms with Crippen LogP contribution >= 0.6 is 23.2 Å². The second-order valence-corrected chi connectivity index (χ2v) is 10.4. The van der Waals surface area contributed by atoms with Crippen LogP contribution in [-0.2, 0) is 23.7 Å². The van der Waals surface area contributed by atoms with Gasteiger partial charge in [0.1, 0.15) is 12.1 Å². The highest BCUT2D eigenvalue weighted by atomic mass is 35.5. The maximum absolute atomic E-state index is 12.9. The van der Waals surface area contributed by atoms with Crippen LogP contribution in [0.5, 0.6) is 0 Å². The topological polar surface area (TPSA) is 105 Å². The van der Waals surface area contributed by atoms with Crippen molar-refractivity contribution in [2.75, 3.05) is 33.7 Å². The van der Waals surface area contributed by atoms with E-state index in [1.54, 1.807) is 18.0 Å². The van der Waals surface area contributed by atoms with Crippen molar-refractivity contribution in [1.29, 1.82) is 0 Å². The molecular formula is C23H30BCl2N3O6. The van der Waals surface area contributed by atoms with Gasteiger partial charge in [0.15, 0.2) is 5.78 Å². The number of nitrogens with zero attached hydrogens (tertiary/aromatic N) is 2. The summed E-state index contributed by atoms with van der Waals surface area (Å²) in [7, 11) is 2.36. The zero-order valence-electron chi connectivity index (χ0n) is 20.3. The molecule has 1 N–H and O–H groups in total. The van der Waals surface area contributed by atoms with Crippen LogP contribution in [-0.4, -0.2) is 86.4 Å². The molecule has 2 aliphatic rings. The number of carbonyl (C=O) groups is 4. The largest absolute Gasteiger partial charge is 0.602 e. The quantitative estimate of drug-likeness (QED) is 0.515. The van der Waals surface area contributed by atoms with Gasteiger partial charge in [0.05, 0.1) is 17.1 Å². The highest BCUT2D eigenvalue weighted by Gasteiger charge is 2.48. The number of halogens is 2. The van der Waals surface area contributed by atoms with E-state index in [1.165, 1.54) is 12.1 Å². The van der Waals surface area contributed by atoms with Gasteiger partial charge < -0.3 is 19.5 Å². The summed E-state index contributed by atoms with van der Waals surface area (Å²) < 4.78 is 11.3. The fourth-order valence-electron chi connectivity index (χ4n) is 4.43. The average molecular weight is 526 g/mol. The number of nitrogens with one attached hydrogen (secondary N) is 1. The van der Waals surface area contributed by atoms with Gasteiger partial charge in [0.2, 0.25) is 0 Å². The van der Waals surface area contributed by atoms with E-state index in [4.69, 9.17) is 32.5 Å². The second kappa shape index (κ2) is 11.7. The number of ketones is 1. The monoisotopic (exact) mass is 525 g/mol. The Labute approximate surface area is 215 Å². The molecule has 1 aromatic carbocycles. The SMILES string of the molecule is CC(C)C[C@H](CC(=O)CNC(=O)c1cc(Cl)ccc1Cl)B1OC(=O)[C@@H]2CN(C)C[C@@H](C(=O)O1)N2C. The molecule has 0 spiro atoms. The number of hydrogen-bond donors (Lipinski definition) is 1. The molecule has 9 nitrogen and oxygen atoms in total. The van der Waals surface area contributed by atoms with Crippen LogP contribution in [0.4, 0.5) is 0 Å². The normalized spacial score (nSPS) is 22.2. The molecule has 2 bridgehead atoms. The molecular weight excluding hydrogens is 496 g/mol. The van der Waals surface area contributed by atoms with Crippen molar-refractivity contribution in [2.24, 2.45) is 5.92 Å². The molecule has 35 heavy (non-hydrogen) atoms. The van der Waals surface area contributed by atoms with Crippen LogP contribution in [0, 0.1) is 5.92 Å². The van der Waals surface area contributed by atoms with Crippen molar-refractivity contribution in [1.82, 2.24) is 15.1 Å². The summed E-state index contributed by atoms with van der Waals surface area (Å²) in [5, 5.41) is 3.11. The molecule has 2 saturated heterocycles. The molecule has 0 aliphatic carbocycles. The Hall–Kier alpha value is -2.14. The summed E-state index contributed by atoms with van der Waals surface area (Å²) in [5.74, 6) is -2.23. The Balaban J connectivity index is 1.69. The lowest BCUT2D eigenvalue weighted by Gasteiger charge is -2.43. The fraction of sp³-hybridized carbons (Fsp3) is 0.565. The highest BCUT2D eigenvalue weighted by molar-refractivity contribution is 6.51. The summed E-state index contributed by atoms with van der Waals surface area (Å²) in [6.07, 6.45) is 0.439. The minimum Gasteiger partial charge on any atom is -0.498 e. The van der Waals surface area contributed by atoms with E-state index in [2.05, 4.69) is 5.32 Å². The van der Waals surface area contributed by atoms with E-state index in [0.29, 0.717) is 24.5 Å². The van der Waals surface area contributed by atoms with E-state index in [1.807, 2.05) is 25.8 Å². The van der Waals surface area contributed by atoms with Crippen LogP contribution in [0.25, 0.3) is 0 Å². The predicted octanol–water partition coefficient (Wildman–Crippen LogP) is 2.30. The molecule has 1 amide bonds. The predicted molar refractivity (Wildman–Crippen MR) is 132 cm³/mol. The molecule has 2 fully saturated rings. The van der Waals surface area contributed by atoms with E-state index in [0.717, 1.165) is 0 Å². The first-order chi connectivity index (χ1) is 16.5. The lowest BCUT2D eigenvalue weighted by Crippen LogP contribution is -2.64. The Morgan fingerprint density at radius 3 is 2.29 bits per heavy atom. The number of fused-ring (bicyclic) bond motifs is 2. The summed E-state index contributed by atoms with van der Waals surface area (Å²) in [5.41, 5.74) is 0.161. The van der Waals surface area contributed by atoms with Gasteiger partial charge in [0.25, 0.3) is 5.91 Å². The molecule has 0 unspecified atom stereocenters. The van der Waals surface area contributed by atoms with Crippen molar-refractivity contribution in [3.63, 3.8) is 0 Å². The summed E-state index contributed by atoms with van der Waals surface area (Å²) in [6, 6.07) is 3.27. The number of hydrogen-bond acceptors (Lipinski definition) is 8. The van der Waals surface area contributed by atoms with E-state index >= 15 is 0 Å². The third kappa shape index (κ3) is 6.97. The van der Waals surface area contributed by atoms with E-state index in [9.17, 15) is 19.2 Å². The van der Waals surface area contributed by atoms with E-state index < -0.39 is 42.9 Å². The van der Waals surface area contributed by atoms with Crippen LogP contribution in [0.1, 0.15) is 37.0 Å². The third-order valence-corrected chi connectivity index (χ3v) is 6.79. The number of benzene rings is 1. The smallest absolute Gasteiger partial charge is 0.498 e. The summed E-state index contributed by atoms with van der Waals surface area (Å²) in [4.78, 5) is 54.7. The van der Waals surface area contributed by atoms with Crippen molar-refractivity contribution >= 4 is 53.9 Å². The molecule has 1 aromatic rings. The van der Waals surface area contributed by atoms with Crippen LogP contribution in [0.2, 0.25) is 15.9 Å². The van der Waals surface area contributed by atoms with Gasteiger partial charge in [-0.1, -0.05) is 37.0 Å². The standard InChI is InChI=1S/C23H30BCl2N3O6/c1-13(2)7-14(8-16(30)10-27-21(31)17-9-15(25)5-6-18(17)26)24-34-22(32)19-11-28(3)12-20(29(19)4)23(33)35-24/h5-6,9,13-14,19-20H,7-8,10-12H2,1-4H3,(H,27,31)/t14-,19+,20+/m1/s1. The first kappa shape index (κ1) is 27.5. The van der Waals surface area contributed by atoms with Gasteiger partial charge in [-0.15, -0.1) is 0 Å². The fourth-order valence-corrected chi connectivity index (χ4v) is 4.81. The number of likely N-dealkylation sites (N-methyl/N-ethyl adjacent to an activating group) is 2. The average Bonchev–Trinajstić information content (AvgIpc) is 2.78. The number of amides is 1. The molecule has 190 valence electrons. The Morgan fingerprint density at radius 1 is 1.11 bits per heavy atom. The molecule has 0 radical (unpaired) electrons. The molecule has 0 aromatic heterocycles. The maximum Gasteiger partial charge on any atom is 0.602 e. The Bertz CT molecular complexity index is 966. The van der Waals surface area contributed by atoms with Gasteiger partial charge in [0, 0.05) is 30.4 Å². The van der Waals surface area contributed by atoms with Crippen LogP contribution < -0.4 is 5.32 Å². The summed E-state index contributed by atoms with van der Waals surface area (Å²) >= 11 is 12.0. The number of Topliss-reactive ketones (excluding diaryl/α,β-unsaturated/α-hetero) is 1. The van der Waals surface area contributed by atoms with Crippen LogP contribution in [0.3, 0.4) is 0 Å². The van der Waals surface area contributed by atoms with Crippen molar-refractivity contribution in [2.45, 2.75) is 44.6 Å². The van der Waals surface area contributed by atoms with Crippen molar-refractivity contribution < 1.29 is 28.5 Å². The van der Waals surface area contributed by atoms with Crippen molar-refractivity contribution in [3.8, 4) is 0 Å².